The van der Waals surface area contributed by atoms with Crippen molar-refractivity contribution in [2.45, 2.75) is 12.3 Å². The first-order valence-corrected chi connectivity index (χ1v) is 8.90. The van der Waals surface area contributed by atoms with Gasteiger partial charge in [-0.15, -0.1) is 0 Å². The average molecular weight is 378 g/mol. The largest absolute Gasteiger partial charge is 0.299 e. The lowest BCUT2D eigenvalue weighted by molar-refractivity contribution is 0.379. The minimum atomic E-state index is -0.626. The summed E-state index contributed by atoms with van der Waals surface area (Å²) in [5.74, 6) is -1.15. The zero-order valence-electron chi connectivity index (χ0n) is 15.0. The van der Waals surface area contributed by atoms with Crippen LogP contribution in [0.15, 0.2) is 47.8 Å². The van der Waals surface area contributed by atoms with E-state index in [-0.39, 0.29) is 17.9 Å². The molecule has 1 atom stereocenters. The monoisotopic (exact) mass is 378 g/mol. The van der Waals surface area contributed by atoms with E-state index in [4.69, 9.17) is 0 Å². The molecule has 0 saturated carbocycles. The Hall–Kier alpha value is -3.42. The lowest BCUT2D eigenvalue weighted by Crippen LogP contribution is -2.14. The van der Waals surface area contributed by atoms with Gasteiger partial charge in [-0.2, -0.15) is 10.2 Å². The maximum absolute atomic E-state index is 14.9. The predicted molar refractivity (Wildman–Crippen MR) is 101 cm³/mol. The molecule has 1 aromatic carbocycles. The van der Waals surface area contributed by atoms with Gasteiger partial charge in [-0.1, -0.05) is 0 Å². The summed E-state index contributed by atoms with van der Waals surface area (Å²) < 4.78 is 31.2. The van der Waals surface area contributed by atoms with E-state index < -0.39 is 11.6 Å². The first-order valence-electron chi connectivity index (χ1n) is 8.90. The van der Waals surface area contributed by atoms with Crippen LogP contribution >= 0.6 is 0 Å². The third-order valence-corrected chi connectivity index (χ3v) is 4.99. The Balaban J connectivity index is 1.57. The van der Waals surface area contributed by atoms with Crippen LogP contribution in [0.2, 0.25) is 0 Å². The molecule has 1 aliphatic rings. The number of hydrogen-bond acceptors (Lipinski definition) is 5. The highest BCUT2D eigenvalue weighted by Crippen LogP contribution is 2.25. The van der Waals surface area contributed by atoms with Crippen molar-refractivity contribution < 1.29 is 8.78 Å². The van der Waals surface area contributed by atoms with Gasteiger partial charge in [-0.3, -0.25) is 9.99 Å². The summed E-state index contributed by atoms with van der Waals surface area (Å²) in [6.07, 6.45) is 5.01. The lowest BCUT2D eigenvalue weighted by atomic mass is 10.0. The number of aromatic nitrogens is 4. The molecule has 0 saturated heterocycles. The van der Waals surface area contributed by atoms with Gasteiger partial charge in [0, 0.05) is 49.4 Å². The molecule has 1 aliphatic heterocycles. The zero-order chi connectivity index (χ0) is 19.3. The molecule has 0 fully saturated rings. The molecule has 0 amide bonds. The molecule has 4 aromatic rings. The number of fused-ring (bicyclic) bond motifs is 2. The van der Waals surface area contributed by atoms with Gasteiger partial charge >= 0.3 is 0 Å². The molecular formula is C20H16F2N6. The van der Waals surface area contributed by atoms with Crippen molar-refractivity contribution in [2.75, 3.05) is 13.6 Å². The number of hydrogen-bond donors (Lipinski definition) is 0. The minimum absolute atomic E-state index is 0.0170. The van der Waals surface area contributed by atoms with Crippen LogP contribution in [0, 0.1) is 11.6 Å². The van der Waals surface area contributed by atoms with Gasteiger partial charge in [0.25, 0.3) is 0 Å². The Labute approximate surface area is 159 Å². The summed E-state index contributed by atoms with van der Waals surface area (Å²) in [6.45, 7) is 0.740. The second-order valence-electron chi connectivity index (χ2n) is 6.89. The molecule has 0 aliphatic carbocycles. The van der Waals surface area contributed by atoms with Crippen molar-refractivity contribution in [1.82, 2.24) is 24.6 Å². The van der Waals surface area contributed by atoms with Crippen LogP contribution in [0.5, 0.6) is 0 Å². The Morgan fingerprint density at radius 3 is 2.89 bits per heavy atom. The number of halogens is 2. The number of rotatable bonds is 3. The summed E-state index contributed by atoms with van der Waals surface area (Å²) in [7, 11) is 1.90. The molecule has 28 heavy (non-hydrogen) atoms. The zero-order valence-corrected chi connectivity index (χ0v) is 15.0. The van der Waals surface area contributed by atoms with Gasteiger partial charge in [0.15, 0.2) is 5.65 Å². The smallest absolute Gasteiger partial charge is 0.153 e. The average Bonchev–Trinajstić information content (AvgIpc) is 3.31. The second-order valence-corrected chi connectivity index (χ2v) is 6.89. The lowest BCUT2D eigenvalue weighted by Gasteiger charge is -2.11. The highest BCUT2D eigenvalue weighted by atomic mass is 19.1. The van der Waals surface area contributed by atoms with Crippen LogP contribution in [0.1, 0.15) is 22.9 Å². The number of pyridine rings is 1. The van der Waals surface area contributed by atoms with Gasteiger partial charge < -0.3 is 0 Å². The third kappa shape index (κ3) is 2.69. The van der Waals surface area contributed by atoms with E-state index in [2.05, 4.69) is 20.2 Å². The highest BCUT2D eigenvalue weighted by Gasteiger charge is 2.20. The van der Waals surface area contributed by atoms with E-state index in [0.29, 0.717) is 22.2 Å². The van der Waals surface area contributed by atoms with Crippen LogP contribution < -0.4 is 0 Å². The molecule has 0 radical (unpaired) electrons. The molecule has 4 heterocycles. The SMILES string of the molecule is CN1CC(c2ccc3ncc(Cc4c(F)cc5ncccc5c4F)n3n2)C=N1. The van der Waals surface area contributed by atoms with Gasteiger partial charge in [0.1, 0.15) is 11.6 Å². The molecule has 0 N–H and O–H groups in total. The van der Waals surface area contributed by atoms with E-state index in [1.54, 1.807) is 22.8 Å². The van der Waals surface area contributed by atoms with Crippen LogP contribution in [0.4, 0.5) is 8.78 Å². The standard InChI is InChI=1S/C20H16F2N6/c1-27-11-12(9-25-27)17-4-5-19-24-10-13(28(19)26-17)7-15-16(21)8-18-14(20(15)22)3-2-6-23-18/h2-6,8-10,12H,7,11H2,1H3. The molecule has 8 heteroatoms. The fourth-order valence-electron chi connectivity index (χ4n) is 3.53. The van der Waals surface area contributed by atoms with Crippen molar-refractivity contribution in [3.8, 4) is 0 Å². The Morgan fingerprint density at radius 2 is 2.07 bits per heavy atom. The molecule has 3 aromatic heterocycles. The Bertz CT molecular complexity index is 1230. The van der Waals surface area contributed by atoms with Crippen LogP contribution in [-0.2, 0) is 6.42 Å². The van der Waals surface area contributed by atoms with Gasteiger partial charge in [0.2, 0.25) is 0 Å². The summed E-state index contributed by atoms with van der Waals surface area (Å²) in [5.41, 5.74) is 2.36. The van der Waals surface area contributed by atoms with Crippen molar-refractivity contribution >= 4 is 22.8 Å². The van der Waals surface area contributed by atoms with Crippen molar-refractivity contribution in [3.63, 3.8) is 0 Å². The predicted octanol–water partition coefficient (Wildman–Crippen LogP) is 3.16. The third-order valence-electron chi connectivity index (χ3n) is 4.99. The van der Waals surface area contributed by atoms with Crippen LogP contribution in [0.25, 0.3) is 16.6 Å². The molecular weight excluding hydrogens is 362 g/mol. The maximum Gasteiger partial charge on any atom is 0.153 e. The van der Waals surface area contributed by atoms with E-state index >= 15 is 0 Å². The minimum Gasteiger partial charge on any atom is -0.299 e. The molecule has 1 unspecified atom stereocenters. The van der Waals surface area contributed by atoms with Crippen molar-refractivity contribution in [2.24, 2.45) is 5.10 Å². The van der Waals surface area contributed by atoms with Crippen molar-refractivity contribution in [1.29, 1.82) is 0 Å². The van der Waals surface area contributed by atoms with E-state index in [1.807, 2.05) is 30.4 Å². The fourth-order valence-corrected chi connectivity index (χ4v) is 3.53. The van der Waals surface area contributed by atoms with Crippen LogP contribution in [-0.4, -0.2) is 44.4 Å². The first kappa shape index (κ1) is 16.7. The molecule has 6 nitrogen and oxygen atoms in total. The number of benzene rings is 1. The molecule has 0 spiro atoms. The fraction of sp³-hybridized carbons (Fsp3) is 0.200. The summed E-state index contributed by atoms with van der Waals surface area (Å²) in [6, 6.07) is 8.26. The van der Waals surface area contributed by atoms with Crippen molar-refractivity contribution in [3.05, 3.63) is 71.3 Å². The number of likely N-dealkylation sites (N-methyl/N-ethyl adjacent to an activating group) is 1. The molecule has 140 valence electrons. The quantitative estimate of drug-likeness (QED) is 0.550. The number of hydrazone groups is 1. The van der Waals surface area contributed by atoms with E-state index in [0.717, 1.165) is 12.2 Å². The van der Waals surface area contributed by atoms with Gasteiger partial charge in [-0.05, 0) is 24.3 Å². The normalized spacial score (nSPS) is 16.5. The van der Waals surface area contributed by atoms with Crippen LogP contribution in [0.3, 0.4) is 0 Å². The van der Waals surface area contributed by atoms with E-state index in [9.17, 15) is 8.78 Å². The Kier molecular flexibility index (Phi) is 3.78. The topological polar surface area (TPSA) is 58.7 Å². The molecule has 5 rings (SSSR count). The summed E-state index contributed by atoms with van der Waals surface area (Å²) in [5, 5.41) is 11.0. The number of nitrogens with zero attached hydrogens (tertiary/aromatic N) is 6. The maximum atomic E-state index is 14.9. The summed E-state index contributed by atoms with van der Waals surface area (Å²) >= 11 is 0. The number of imidazole rings is 1. The Morgan fingerprint density at radius 1 is 1.18 bits per heavy atom. The van der Waals surface area contributed by atoms with Gasteiger partial charge in [0.05, 0.1) is 29.0 Å². The van der Waals surface area contributed by atoms with E-state index in [1.165, 1.54) is 12.3 Å². The first-order chi connectivity index (χ1) is 13.6. The highest BCUT2D eigenvalue weighted by molar-refractivity contribution is 5.80. The summed E-state index contributed by atoms with van der Waals surface area (Å²) in [4.78, 5) is 8.34. The van der Waals surface area contributed by atoms with Gasteiger partial charge in [-0.25, -0.2) is 18.3 Å². The molecule has 0 bridgehead atoms. The second kappa shape index (κ2) is 6.33.